The highest BCUT2D eigenvalue weighted by molar-refractivity contribution is 7.33. The van der Waals surface area contributed by atoms with Gasteiger partial charge in [0, 0.05) is 65.1 Å². The summed E-state index contributed by atoms with van der Waals surface area (Å²) in [6.45, 7) is 0. The van der Waals surface area contributed by atoms with E-state index < -0.39 is 0 Å². The largest absolute Gasteiger partial charge is 0.310 e. The molecule has 292 valence electrons. The molecule has 12 aromatic rings. The number of hydrogen-bond donors (Lipinski definition) is 0. The van der Waals surface area contributed by atoms with Crippen LogP contribution >= 0.6 is 22.7 Å². The van der Waals surface area contributed by atoms with Crippen LogP contribution in [-0.4, -0.2) is 0 Å². The molecule has 0 fully saturated rings. The lowest BCUT2D eigenvalue weighted by Gasteiger charge is -2.25. The van der Waals surface area contributed by atoms with Crippen LogP contribution in [0.5, 0.6) is 0 Å². The molecule has 0 radical (unpaired) electrons. The summed E-state index contributed by atoms with van der Waals surface area (Å²) in [6.07, 6.45) is 0. The van der Waals surface area contributed by atoms with Crippen LogP contribution in [0.1, 0.15) is 0 Å². The Kier molecular flexibility index (Phi) is 8.91. The molecule has 2 aromatic heterocycles. The van der Waals surface area contributed by atoms with Crippen molar-refractivity contribution >= 4 is 108 Å². The molecule has 2 nitrogen and oxygen atoms in total. The van der Waals surface area contributed by atoms with Crippen LogP contribution in [0.4, 0.5) is 34.1 Å². The highest BCUT2D eigenvalue weighted by Crippen LogP contribution is 2.51. The number of anilines is 6. The fourth-order valence-corrected chi connectivity index (χ4v) is 11.8. The molecule has 4 heteroatoms. The molecular formula is C58H38N2S2. The number of benzene rings is 10. The zero-order valence-corrected chi connectivity index (χ0v) is 35.3. The van der Waals surface area contributed by atoms with Crippen LogP contribution < -0.4 is 9.80 Å². The van der Waals surface area contributed by atoms with Crippen LogP contribution in [0.3, 0.4) is 0 Å². The molecule has 0 aliphatic rings. The molecule has 0 atom stereocenters. The second-order valence-corrected chi connectivity index (χ2v) is 17.8. The van der Waals surface area contributed by atoms with Gasteiger partial charge in [-0.1, -0.05) is 158 Å². The van der Waals surface area contributed by atoms with E-state index in [4.69, 9.17) is 0 Å². The summed E-state index contributed by atoms with van der Waals surface area (Å²) < 4.78 is 5.26. The van der Waals surface area contributed by atoms with Crippen LogP contribution in [0.2, 0.25) is 0 Å². The minimum absolute atomic E-state index is 1.13. The van der Waals surface area contributed by atoms with Crippen molar-refractivity contribution in [1.29, 1.82) is 0 Å². The predicted octanol–water partition coefficient (Wildman–Crippen LogP) is 17.8. The van der Waals surface area contributed by atoms with E-state index in [9.17, 15) is 0 Å². The molecule has 0 amide bonds. The number of fused-ring (bicyclic) bond motifs is 10. The van der Waals surface area contributed by atoms with Gasteiger partial charge in [-0.05, 0) is 106 Å². The first-order chi connectivity index (χ1) is 30.7. The Morgan fingerprint density at radius 1 is 0.242 bits per heavy atom. The first kappa shape index (κ1) is 36.4. The fraction of sp³-hybridized carbons (Fsp3) is 0. The third kappa shape index (κ3) is 6.23. The van der Waals surface area contributed by atoms with E-state index in [-0.39, 0.29) is 0 Å². The SMILES string of the molecule is c1ccc(-c2ccc(N(c3ccccc3)c3ccc4c(c3)sc3c5sc6cc(N(c7ccccc7)c7ccc(-c8ccccc8)cc7)ccc6c5c5ccccc5c43)cc2)cc1. The second kappa shape index (κ2) is 15.2. The van der Waals surface area contributed by atoms with Crippen LogP contribution in [0, 0.1) is 0 Å². The van der Waals surface area contributed by atoms with Crippen molar-refractivity contribution in [3.05, 3.63) is 231 Å². The number of nitrogens with zero attached hydrogens (tertiary/aromatic N) is 2. The van der Waals surface area contributed by atoms with Gasteiger partial charge in [0.25, 0.3) is 0 Å². The molecule has 12 rings (SSSR count). The zero-order valence-electron chi connectivity index (χ0n) is 33.7. The summed E-state index contributed by atoms with van der Waals surface area (Å²) in [7, 11) is 0. The van der Waals surface area contributed by atoms with Gasteiger partial charge in [-0.25, -0.2) is 0 Å². The number of para-hydroxylation sites is 2. The topological polar surface area (TPSA) is 6.48 Å². The first-order valence-electron chi connectivity index (χ1n) is 21.0. The van der Waals surface area contributed by atoms with Crippen molar-refractivity contribution in [2.45, 2.75) is 0 Å². The molecule has 0 saturated heterocycles. The first-order valence-corrected chi connectivity index (χ1v) is 22.6. The van der Waals surface area contributed by atoms with Gasteiger partial charge < -0.3 is 9.80 Å². The molecule has 0 N–H and O–H groups in total. The summed E-state index contributed by atoms with van der Waals surface area (Å²) in [5, 5.41) is 7.89. The lowest BCUT2D eigenvalue weighted by atomic mass is 9.98. The predicted molar refractivity (Wildman–Crippen MR) is 270 cm³/mol. The normalized spacial score (nSPS) is 11.5. The second-order valence-electron chi connectivity index (χ2n) is 15.7. The fourth-order valence-electron chi connectivity index (χ4n) is 9.14. The highest BCUT2D eigenvalue weighted by Gasteiger charge is 2.21. The Bertz CT molecular complexity index is 3300. The van der Waals surface area contributed by atoms with E-state index in [0.717, 1.165) is 34.1 Å². The van der Waals surface area contributed by atoms with Crippen LogP contribution in [0.15, 0.2) is 231 Å². The summed E-state index contributed by atoms with van der Waals surface area (Å²) >= 11 is 3.84. The molecule has 0 aliphatic heterocycles. The Morgan fingerprint density at radius 3 is 0.935 bits per heavy atom. The molecule has 0 aliphatic carbocycles. The van der Waals surface area contributed by atoms with Gasteiger partial charge >= 0.3 is 0 Å². The van der Waals surface area contributed by atoms with Gasteiger partial charge in [-0.2, -0.15) is 0 Å². The van der Waals surface area contributed by atoms with Gasteiger partial charge in [0.2, 0.25) is 0 Å². The lowest BCUT2D eigenvalue weighted by Crippen LogP contribution is -2.09. The Morgan fingerprint density at radius 2 is 0.548 bits per heavy atom. The van der Waals surface area contributed by atoms with Crippen molar-refractivity contribution in [2.24, 2.45) is 0 Å². The molecule has 2 heterocycles. The third-order valence-corrected chi connectivity index (χ3v) is 14.5. The Labute approximate surface area is 368 Å². The molecule has 0 spiro atoms. The van der Waals surface area contributed by atoms with Gasteiger partial charge in [0.05, 0.1) is 9.40 Å². The van der Waals surface area contributed by atoms with Crippen LogP contribution in [-0.2, 0) is 0 Å². The van der Waals surface area contributed by atoms with Crippen molar-refractivity contribution in [3.8, 4) is 22.3 Å². The van der Waals surface area contributed by atoms with E-state index in [2.05, 4.69) is 240 Å². The summed E-state index contributed by atoms with van der Waals surface area (Å²) in [4.78, 5) is 4.75. The minimum atomic E-state index is 1.13. The molecule has 0 unspecified atom stereocenters. The van der Waals surface area contributed by atoms with Crippen molar-refractivity contribution in [2.75, 3.05) is 9.80 Å². The maximum absolute atomic E-state index is 2.39. The Balaban J connectivity index is 1.01. The summed E-state index contributed by atoms with van der Waals surface area (Å²) in [6, 6.07) is 83.6. The number of hydrogen-bond acceptors (Lipinski definition) is 4. The van der Waals surface area contributed by atoms with Gasteiger partial charge in [-0.3, -0.25) is 0 Å². The van der Waals surface area contributed by atoms with E-state index in [0.29, 0.717) is 0 Å². The maximum Gasteiger partial charge on any atom is 0.0540 e. The average molecular weight is 827 g/mol. The van der Waals surface area contributed by atoms with Gasteiger partial charge in [0.15, 0.2) is 0 Å². The molecule has 10 aromatic carbocycles. The third-order valence-electron chi connectivity index (χ3n) is 12.0. The molecule has 62 heavy (non-hydrogen) atoms. The lowest BCUT2D eigenvalue weighted by molar-refractivity contribution is 1.29. The Hall–Kier alpha value is -7.50. The highest BCUT2D eigenvalue weighted by atomic mass is 32.1. The summed E-state index contributed by atoms with van der Waals surface area (Å²) in [5.41, 5.74) is 11.6. The standard InChI is InChI=1S/C58H38N2S2/c1-5-15-39(16-6-1)41-25-29-45(30-26-41)59(43-19-9-3-10-20-43)47-33-35-51-53(37-47)61-57-55(51)49-23-13-14-24-50(49)56-52-36-34-48(38-54(52)62-58(56)57)60(44-21-11-4-12-22-44)46-31-27-42(28-32-46)40-17-7-2-8-18-40/h1-38H. The van der Waals surface area contributed by atoms with E-state index in [1.807, 2.05) is 22.7 Å². The average Bonchev–Trinajstić information content (AvgIpc) is 3.93. The van der Waals surface area contributed by atoms with E-state index in [1.54, 1.807) is 0 Å². The van der Waals surface area contributed by atoms with E-state index >= 15 is 0 Å². The molecular weight excluding hydrogens is 789 g/mol. The number of thiophene rings is 2. The molecule has 0 bridgehead atoms. The minimum Gasteiger partial charge on any atom is -0.310 e. The van der Waals surface area contributed by atoms with E-state index in [1.165, 1.54) is 73.4 Å². The zero-order chi connectivity index (χ0) is 41.0. The molecule has 0 saturated carbocycles. The summed E-state index contributed by atoms with van der Waals surface area (Å²) in [5.74, 6) is 0. The number of rotatable bonds is 8. The van der Waals surface area contributed by atoms with Crippen molar-refractivity contribution in [1.82, 2.24) is 0 Å². The maximum atomic E-state index is 2.39. The van der Waals surface area contributed by atoms with Crippen LogP contribution in [0.25, 0.3) is 73.4 Å². The van der Waals surface area contributed by atoms with Gasteiger partial charge in [0.1, 0.15) is 0 Å². The van der Waals surface area contributed by atoms with Crippen molar-refractivity contribution in [3.63, 3.8) is 0 Å². The van der Waals surface area contributed by atoms with Crippen molar-refractivity contribution < 1.29 is 0 Å². The quantitative estimate of drug-likeness (QED) is 0.151. The monoisotopic (exact) mass is 826 g/mol. The smallest absolute Gasteiger partial charge is 0.0540 e. The van der Waals surface area contributed by atoms with Gasteiger partial charge in [-0.15, -0.1) is 22.7 Å².